The third kappa shape index (κ3) is 8.75. The predicted octanol–water partition coefficient (Wildman–Crippen LogP) is 1.64. The monoisotopic (exact) mass is 625 g/mol. The van der Waals surface area contributed by atoms with Crippen molar-refractivity contribution in [1.82, 2.24) is 34.7 Å². The average Bonchev–Trinajstić information content (AvgIpc) is 2.89. The zero-order valence-electron chi connectivity index (χ0n) is 23.0. The van der Waals surface area contributed by atoms with Gasteiger partial charge < -0.3 is 10.1 Å². The van der Waals surface area contributed by atoms with Crippen molar-refractivity contribution in [3.8, 4) is 11.3 Å². The van der Waals surface area contributed by atoms with E-state index in [0.717, 1.165) is 31.5 Å². The van der Waals surface area contributed by atoms with Gasteiger partial charge in [-0.05, 0) is 31.0 Å². The summed E-state index contributed by atoms with van der Waals surface area (Å²) in [5, 5.41) is 4.23. The maximum absolute atomic E-state index is 12.4. The van der Waals surface area contributed by atoms with Gasteiger partial charge in [0.05, 0.1) is 36.5 Å². The molecule has 1 aliphatic rings. The normalized spacial score (nSPS) is 14.8. The molecule has 0 spiro atoms. The molecule has 0 aliphatic carbocycles. The van der Waals surface area contributed by atoms with Crippen LogP contribution in [-0.2, 0) is 31.2 Å². The molecule has 222 valence electrons. The first-order chi connectivity index (χ1) is 19.3. The summed E-state index contributed by atoms with van der Waals surface area (Å²) in [4.78, 5) is 21.8. The summed E-state index contributed by atoms with van der Waals surface area (Å²) in [6.45, 7) is 5.51. The Morgan fingerprint density at radius 3 is 2.46 bits per heavy atom. The fourth-order valence-corrected chi connectivity index (χ4v) is 5.85. The highest BCUT2D eigenvalue weighted by molar-refractivity contribution is 7.91. The fourth-order valence-electron chi connectivity index (χ4n) is 4.05. The van der Waals surface area contributed by atoms with Crippen LogP contribution in [0.3, 0.4) is 0 Å². The lowest BCUT2D eigenvalue weighted by atomic mass is 10.1. The number of pyridine rings is 2. The van der Waals surface area contributed by atoms with Crippen molar-refractivity contribution in [2.75, 3.05) is 63.2 Å². The zero-order valence-corrected chi connectivity index (χ0v) is 25.4. The van der Waals surface area contributed by atoms with Gasteiger partial charge in [0.15, 0.2) is 20.0 Å². The highest BCUT2D eigenvalue weighted by Crippen LogP contribution is 2.31. The van der Waals surface area contributed by atoms with Crippen LogP contribution >= 0.6 is 11.6 Å². The lowest BCUT2D eigenvalue weighted by molar-refractivity contribution is 0.0384. The van der Waals surface area contributed by atoms with Crippen molar-refractivity contribution >= 4 is 48.8 Å². The van der Waals surface area contributed by atoms with E-state index in [4.69, 9.17) is 16.3 Å². The molecule has 4 rings (SSSR count). The molecule has 4 heterocycles. The SMILES string of the molecule is Cc1nc(-c2cc(CCN3CCOCC3)cnc2Nc2cnc(Cl)c(NS(=O)(=O)NN(C)C)c2)cc(S(C)(=O)=O)n1. The maximum Gasteiger partial charge on any atom is 0.312 e. The lowest BCUT2D eigenvalue weighted by Crippen LogP contribution is -2.40. The van der Waals surface area contributed by atoms with Crippen LogP contribution in [0.4, 0.5) is 17.2 Å². The Hall–Kier alpha value is -2.99. The van der Waals surface area contributed by atoms with E-state index in [1.54, 1.807) is 13.1 Å². The summed E-state index contributed by atoms with van der Waals surface area (Å²) < 4.78 is 57.2. The molecule has 0 aromatic carbocycles. The number of aryl methyl sites for hydroxylation is 1. The number of ether oxygens (including phenoxy) is 1. The number of hydrazine groups is 1. The van der Waals surface area contributed by atoms with Gasteiger partial charge in [-0.1, -0.05) is 11.6 Å². The van der Waals surface area contributed by atoms with E-state index >= 15 is 0 Å². The van der Waals surface area contributed by atoms with Gasteiger partial charge in [-0.3, -0.25) is 9.62 Å². The molecule has 0 unspecified atom stereocenters. The predicted molar refractivity (Wildman–Crippen MR) is 156 cm³/mol. The van der Waals surface area contributed by atoms with Crippen LogP contribution in [0.15, 0.2) is 35.6 Å². The molecule has 3 N–H and O–H groups in total. The fraction of sp³-hybridized carbons (Fsp3) is 0.417. The third-order valence-corrected chi connectivity index (χ3v) is 8.25. The standard InChI is InChI=1S/C24H32ClN9O5S2/c1-16-28-20(13-22(29-16)40(4,35)36)19-11-17(5-6-34-7-9-39-10-8-34)14-27-24(19)30-18-12-21(23(25)26-15-18)31-41(37,38)32-33(2)3/h11-15,31-32H,5-10H2,1-4H3,(H,27,30). The van der Waals surface area contributed by atoms with Crippen molar-refractivity contribution in [3.63, 3.8) is 0 Å². The largest absolute Gasteiger partial charge is 0.379 e. The Bertz CT molecular complexity index is 1620. The molecule has 17 heteroatoms. The Balaban J connectivity index is 1.70. The van der Waals surface area contributed by atoms with E-state index in [2.05, 4.69) is 39.7 Å². The maximum atomic E-state index is 12.4. The van der Waals surface area contributed by atoms with Crippen LogP contribution in [0.2, 0.25) is 5.15 Å². The first-order valence-electron chi connectivity index (χ1n) is 12.5. The first-order valence-corrected chi connectivity index (χ1v) is 16.3. The molecule has 3 aromatic rings. The molecule has 0 amide bonds. The van der Waals surface area contributed by atoms with E-state index in [-0.39, 0.29) is 21.7 Å². The number of rotatable bonds is 11. The molecular weight excluding hydrogens is 594 g/mol. The highest BCUT2D eigenvalue weighted by atomic mass is 35.5. The Labute approximate surface area is 244 Å². The number of hydrogen-bond donors (Lipinski definition) is 3. The van der Waals surface area contributed by atoms with Gasteiger partial charge in [0.25, 0.3) is 0 Å². The number of nitrogens with one attached hydrogen (secondary N) is 3. The number of aromatic nitrogens is 4. The first kappa shape index (κ1) is 31.0. The van der Waals surface area contributed by atoms with Crippen LogP contribution < -0.4 is 14.9 Å². The van der Waals surface area contributed by atoms with Crippen molar-refractivity contribution < 1.29 is 21.6 Å². The summed E-state index contributed by atoms with van der Waals surface area (Å²) in [7, 11) is -4.52. The van der Waals surface area contributed by atoms with E-state index in [1.165, 1.54) is 37.4 Å². The number of sulfone groups is 1. The van der Waals surface area contributed by atoms with Crippen molar-refractivity contribution in [1.29, 1.82) is 0 Å². The van der Waals surface area contributed by atoms with Crippen LogP contribution in [0.5, 0.6) is 0 Å². The summed E-state index contributed by atoms with van der Waals surface area (Å²) in [5.74, 6) is 0.632. The molecule has 0 atom stereocenters. The smallest absolute Gasteiger partial charge is 0.312 e. The van der Waals surface area contributed by atoms with Gasteiger partial charge in [0.2, 0.25) is 0 Å². The molecule has 0 radical (unpaired) electrons. The average molecular weight is 626 g/mol. The Kier molecular flexibility index (Phi) is 9.73. The highest BCUT2D eigenvalue weighted by Gasteiger charge is 2.19. The minimum atomic E-state index is -3.97. The third-order valence-electron chi connectivity index (χ3n) is 5.88. The van der Waals surface area contributed by atoms with Gasteiger partial charge in [0.1, 0.15) is 11.6 Å². The number of morpholine rings is 1. The summed E-state index contributed by atoms with van der Waals surface area (Å²) in [5.41, 5.74) is 2.23. The van der Waals surface area contributed by atoms with E-state index in [9.17, 15) is 16.8 Å². The summed E-state index contributed by atoms with van der Waals surface area (Å²) in [6, 6.07) is 4.77. The molecule has 1 aliphatic heterocycles. The van der Waals surface area contributed by atoms with Crippen LogP contribution in [0.25, 0.3) is 11.3 Å². The van der Waals surface area contributed by atoms with Gasteiger partial charge in [-0.25, -0.2) is 33.4 Å². The molecule has 0 bridgehead atoms. The van der Waals surface area contributed by atoms with Gasteiger partial charge in [0, 0.05) is 57.8 Å². The van der Waals surface area contributed by atoms with E-state index in [1.807, 2.05) is 6.07 Å². The summed E-state index contributed by atoms with van der Waals surface area (Å²) in [6.07, 6.45) is 4.94. The van der Waals surface area contributed by atoms with Crippen molar-refractivity contribution in [2.45, 2.75) is 18.4 Å². The Morgan fingerprint density at radius 2 is 1.78 bits per heavy atom. The minimum Gasteiger partial charge on any atom is -0.379 e. The van der Waals surface area contributed by atoms with E-state index < -0.39 is 20.0 Å². The van der Waals surface area contributed by atoms with Crippen LogP contribution in [0.1, 0.15) is 11.4 Å². The molecular formula is C24H32ClN9O5S2. The molecule has 14 nitrogen and oxygen atoms in total. The topological polar surface area (TPSA) is 172 Å². The number of anilines is 3. The molecule has 0 saturated carbocycles. The zero-order chi connectivity index (χ0) is 29.8. The van der Waals surface area contributed by atoms with Gasteiger partial charge in [-0.15, -0.1) is 4.83 Å². The molecule has 1 saturated heterocycles. The number of halogens is 1. The second-order valence-corrected chi connectivity index (χ2v) is 13.3. The number of hydrogen-bond acceptors (Lipinski definition) is 12. The second kappa shape index (κ2) is 12.9. The lowest BCUT2D eigenvalue weighted by Gasteiger charge is -2.26. The second-order valence-electron chi connectivity index (χ2n) is 9.63. The molecule has 1 fully saturated rings. The van der Waals surface area contributed by atoms with E-state index in [0.29, 0.717) is 42.4 Å². The quantitative estimate of drug-likeness (QED) is 0.160. The van der Waals surface area contributed by atoms with Crippen LogP contribution in [-0.4, -0.2) is 99.9 Å². The molecule has 41 heavy (non-hydrogen) atoms. The molecule has 3 aromatic heterocycles. The van der Waals surface area contributed by atoms with Gasteiger partial charge in [-0.2, -0.15) is 8.42 Å². The summed E-state index contributed by atoms with van der Waals surface area (Å²) >= 11 is 6.16. The Morgan fingerprint density at radius 1 is 1.05 bits per heavy atom. The van der Waals surface area contributed by atoms with Crippen molar-refractivity contribution in [2.24, 2.45) is 0 Å². The minimum absolute atomic E-state index is 0.0342. The number of nitrogens with zero attached hydrogens (tertiary/aromatic N) is 6. The van der Waals surface area contributed by atoms with Crippen molar-refractivity contribution in [3.05, 3.63) is 47.1 Å². The van der Waals surface area contributed by atoms with Gasteiger partial charge >= 0.3 is 10.2 Å². The van der Waals surface area contributed by atoms with Crippen LogP contribution in [0, 0.1) is 6.92 Å².